The number of hydrogen-bond acceptors (Lipinski definition) is 3. The van der Waals surface area contributed by atoms with Crippen LogP contribution in [0, 0.1) is 5.92 Å². The summed E-state index contributed by atoms with van der Waals surface area (Å²) in [5.41, 5.74) is 6.13. The Morgan fingerprint density at radius 3 is 2.38 bits per heavy atom. The van der Waals surface area contributed by atoms with Gasteiger partial charge >= 0.3 is 0 Å². The molecule has 2 aliphatic heterocycles. The fraction of sp³-hybridized carbons (Fsp3) is 0.917. The number of hydrogen-bond donors (Lipinski definition) is 1. The molecule has 2 heterocycles. The van der Waals surface area contributed by atoms with Crippen LogP contribution in [0.5, 0.6) is 0 Å². The Morgan fingerprint density at radius 1 is 1.31 bits per heavy atom. The Labute approximate surface area is 97.8 Å². The maximum Gasteiger partial charge on any atom is 0.236 e. The second kappa shape index (κ2) is 4.34. The summed E-state index contributed by atoms with van der Waals surface area (Å²) >= 11 is 0. The van der Waals surface area contributed by atoms with Gasteiger partial charge in [0, 0.05) is 31.7 Å². The van der Waals surface area contributed by atoms with E-state index in [2.05, 4.69) is 18.7 Å². The van der Waals surface area contributed by atoms with Crippen LogP contribution < -0.4 is 5.73 Å². The van der Waals surface area contributed by atoms with E-state index >= 15 is 0 Å². The van der Waals surface area contributed by atoms with E-state index in [0.29, 0.717) is 12.5 Å². The van der Waals surface area contributed by atoms with Crippen molar-refractivity contribution in [1.82, 2.24) is 9.80 Å². The molecule has 2 rings (SSSR count). The number of nitrogens with zero attached hydrogens (tertiary/aromatic N) is 2. The fourth-order valence-corrected chi connectivity index (χ4v) is 2.52. The molecular formula is C12H23N3O. The first kappa shape index (κ1) is 11.9. The molecule has 16 heavy (non-hydrogen) atoms. The van der Waals surface area contributed by atoms with Crippen LogP contribution in [0.4, 0.5) is 0 Å². The van der Waals surface area contributed by atoms with Crippen molar-refractivity contribution in [3.8, 4) is 0 Å². The summed E-state index contributed by atoms with van der Waals surface area (Å²) in [6.45, 7) is 8.49. The molecule has 4 nitrogen and oxygen atoms in total. The van der Waals surface area contributed by atoms with Crippen LogP contribution in [0.1, 0.15) is 26.7 Å². The minimum absolute atomic E-state index is 0.0642. The van der Waals surface area contributed by atoms with E-state index in [0.717, 1.165) is 26.2 Å². The molecular weight excluding hydrogens is 202 g/mol. The minimum Gasteiger partial charge on any atom is -0.342 e. The highest BCUT2D eigenvalue weighted by Gasteiger charge is 2.42. The Balaban J connectivity index is 1.74. The van der Waals surface area contributed by atoms with Gasteiger partial charge in [0.15, 0.2) is 0 Å². The normalized spacial score (nSPS) is 24.9. The van der Waals surface area contributed by atoms with Gasteiger partial charge in [-0.1, -0.05) is 13.8 Å². The molecule has 4 heteroatoms. The molecule has 0 saturated carbocycles. The molecule has 0 unspecified atom stereocenters. The third-order valence-electron chi connectivity index (χ3n) is 4.00. The molecule has 2 saturated heterocycles. The lowest BCUT2D eigenvalue weighted by Crippen LogP contribution is -2.70. The van der Waals surface area contributed by atoms with Crippen molar-refractivity contribution in [2.75, 3.05) is 32.7 Å². The summed E-state index contributed by atoms with van der Waals surface area (Å²) in [6, 6.07) is 0. The molecule has 0 aromatic rings. The van der Waals surface area contributed by atoms with Crippen molar-refractivity contribution < 1.29 is 4.79 Å². The van der Waals surface area contributed by atoms with E-state index < -0.39 is 0 Å². The van der Waals surface area contributed by atoms with Crippen LogP contribution in [0.15, 0.2) is 0 Å². The predicted octanol–water partition coefficient (Wildman–Crippen LogP) is 0.278. The zero-order valence-electron chi connectivity index (χ0n) is 10.4. The van der Waals surface area contributed by atoms with Crippen LogP contribution in [0.25, 0.3) is 0 Å². The number of nitrogens with two attached hydrogens (primary N) is 1. The van der Waals surface area contributed by atoms with Crippen molar-refractivity contribution >= 4 is 5.91 Å². The lowest BCUT2D eigenvalue weighted by Gasteiger charge is -2.50. The van der Waals surface area contributed by atoms with E-state index in [1.807, 2.05) is 4.90 Å². The molecule has 0 spiro atoms. The molecule has 0 aliphatic carbocycles. The third-order valence-corrected chi connectivity index (χ3v) is 4.00. The van der Waals surface area contributed by atoms with Crippen molar-refractivity contribution in [3.63, 3.8) is 0 Å². The van der Waals surface area contributed by atoms with Crippen molar-refractivity contribution in [3.05, 3.63) is 0 Å². The van der Waals surface area contributed by atoms with Gasteiger partial charge in [-0.25, -0.2) is 0 Å². The second-order valence-corrected chi connectivity index (χ2v) is 5.62. The van der Waals surface area contributed by atoms with E-state index in [1.165, 1.54) is 12.8 Å². The molecule has 2 N–H and O–H groups in total. The SMILES string of the molecule is CC(C)C1(N)CN(CC(=O)N2CCCC2)C1. The zero-order valence-corrected chi connectivity index (χ0v) is 10.4. The highest BCUT2D eigenvalue weighted by molar-refractivity contribution is 5.78. The van der Waals surface area contributed by atoms with Gasteiger partial charge < -0.3 is 10.6 Å². The Hall–Kier alpha value is -0.610. The van der Waals surface area contributed by atoms with Crippen LogP contribution >= 0.6 is 0 Å². The van der Waals surface area contributed by atoms with Gasteiger partial charge in [-0.2, -0.15) is 0 Å². The molecule has 0 atom stereocenters. The van der Waals surface area contributed by atoms with Gasteiger partial charge in [-0.15, -0.1) is 0 Å². The molecule has 0 bridgehead atoms. The molecule has 2 aliphatic rings. The monoisotopic (exact) mass is 225 g/mol. The van der Waals surface area contributed by atoms with Gasteiger partial charge in [-0.05, 0) is 18.8 Å². The van der Waals surface area contributed by atoms with Crippen LogP contribution in [-0.2, 0) is 4.79 Å². The van der Waals surface area contributed by atoms with Gasteiger partial charge in [0.25, 0.3) is 0 Å². The van der Waals surface area contributed by atoms with E-state index in [4.69, 9.17) is 5.73 Å². The van der Waals surface area contributed by atoms with Crippen LogP contribution in [-0.4, -0.2) is 54.0 Å². The number of amides is 1. The number of likely N-dealkylation sites (tertiary alicyclic amines) is 2. The maximum absolute atomic E-state index is 11.9. The average molecular weight is 225 g/mol. The first-order valence-electron chi connectivity index (χ1n) is 6.30. The van der Waals surface area contributed by atoms with Crippen LogP contribution in [0.2, 0.25) is 0 Å². The lowest BCUT2D eigenvalue weighted by atomic mass is 9.80. The molecule has 0 radical (unpaired) electrons. The topological polar surface area (TPSA) is 49.6 Å². The number of rotatable bonds is 3. The van der Waals surface area contributed by atoms with Crippen molar-refractivity contribution in [1.29, 1.82) is 0 Å². The Morgan fingerprint density at radius 2 is 1.88 bits per heavy atom. The van der Waals surface area contributed by atoms with Gasteiger partial charge in [0.1, 0.15) is 0 Å². The Kier molecular flexibility index (Phi) is 3.22. The van der Waals surface area contributed by atoms with Gasteiger partial charge in [0.05, 0.1) is 6.54 Å². The number of carbonyl (C=O) groups excluding carboxylic acids is 1. The maximum atomic E-state index is 11.9. The van der Waals surface area contributed by atoms with Gasteiger partial charge in [0.2, 0.25) is 5.91 Å². The molecule has 2 fully saturated rings. The smallest absolute Gasteiger partial charge is 0.236 e. The second-order valence-electron chi connectivity index (χ2n) is 5.62. The van der Waals surface area contributed by atoms with Crippen molar-refractivity contribution in [2.24, 2.45) is 11.7 Å². The Bertz CT molecular complexity index is 265. The van der Waals surface area contributed by atoms with E-state index in [1.54, 1.807) is 0 Å². The zero-order chi connectivity index (χ0) is 11.8. The largest absolute Gasteiger partial charge is 0.342 e. The quantitative estimate of drug-likeness (QED) is 0.750. The minimum atomic E-state index is -0.0642. The summed E-state index contributed by atoms with van der Waals surface area (Å²) in [7, 11) is 0. The molecule has 0 aromatic carbocycles. The summed E-state index contributed by atoms with van der Waals surface area (Å²) < 4.78 is 0. The fourth-order valence-electron chi connectivity index (χ4n) is 2.52. The molecule has 92 valence electrons. The average Bonchev–Trinajstić information content (AvgIpc) is 2.67. The van der Waals surface area contributed by atoms with E-state index in [9.17, 15) is 4.79 Å². The lowest BCUT2D eigenvalue weighted by molar-refractivity contribution is -0.133. The first-order chi connectivity index (χ1) is 7.51. The first-order valence-corrected chi connectivity index (χ1v) is 6.30. The molecule has 1 amide bonds. The number of carbonyl (C=O) groups is 1. The predicted molar refractivity (Wildman–Crippen MR) is 64.0 cm³/mol. The highest BCUT2D eigenvalue weighted by atomic mass is 16.2. The van der Waals surface area contributed by atoms with Gasteiger partial charge in [-0.3, -0.25) is 9.69 Å². The van der Waals surface area contributed by atoms with Crippen molar-refractivity contribution in [2.45, 2.75) is 32.2 Å². The summed E-state index contributed by atoms with van der Waals surface area (Å²) in [5, 5.41) is 0. The summed E-state index contributed by atoms with van der Waals surface area (Å²) in [5.74, 6) is 0.772. The summed E-state index contributed by atoms with van der Waals surface area (Å²) in [4.78, 5) is 16.0. The van der Waals surface area contributed by atoms with Crippen LogP contribution in [0.3, 0.4) is 0 Å². The standard InChI is InChI=1S/C12H23N3O/c1-10(2)12(13)8-14(9-12)7-11(16)15-5-3-4-6-15/h10H,3-9,13H2,1-2H3. The summed E-state index contributed by atoms with van der Waals surface area (Å²) in [6.07, 6.45) is 2.33. The molecule has 0 aromatic heterocycles. The van der Waals surface area contributed by atoms with E-state index in [-0.39, 0.29) is 11.4 Å². The third kappa shape index (κ3) is 2.23. The highest BCUT2D eigenvalue weighted by Crippen LogP contribution is 2.25.